The Balaban J connectivity index is 2.83. The molecule has 0 unspecified atom stereocenters. The molecule has 37 heavy (non-hydrogen) atoms. The predicted molar refractivity (Wildman–Crippen MR) is 153 cm³/mol. The second-order valence-corrected chi connectivity index (χ2v) is 11.0. The minimum atomic E-state index is -0.357. The number of benzene rings is 1. The summed E-state index contributed by atoms with van der Waals surface area (Å²) in [5, 5.41) is 15.4. The summed E-state index contributed by atoms with van der Waals surface area (Å²) >= 11 is 0. The Morgan fingerprint density at radius 2 is 1.35 bits per heavy atom. The van der Waals surface area contributed by atoms with Crippen molar-refractivity contribution in [1.82, 2.24) is 19.9 Å². The first-order chi connectivity index (χ1) is 17.5. The van der Waals surface area contributed by atoms with Crippen molar-refractivity contribution in [2.45, 2.75) is 106 Å². The van der Waals surface area contributed by atoms with E-state index < -0.39 is 0 Å². The molecule has 8 heteroatoms. The first-order valence-electron chi connectivity index (χ1n) is 13.9. The minimum absolute atomic E-state index is 0.134. The number of allylic oxidation sites excluding steroid dienone is 1. The van der Waals surface area contributed by atoms with Crippen molar-refractivity contribution in [1.29, 1.82) is 5.26 Å². The van der Waals surface area contributed by atoms with Gasteiger partial charge in [0.2, 0.25) is 0 Å². The molecule has 0 N–H and O–H groups in total. The van der Waals surface area contributed by atoms with E-state index in [2.05, 4.69) is 88.2 Å². The average Bonchev–Trinajstić information content (AvgIpc) is 3.23. The fraction of sp³-hybridized carbons (Fsp3) is 0.655. The summed E-state index contributed by atoms with van der Waals surface area (Å²) < 4.78 is 4.93. The van der Waals surface area contributed by atoms with Gasteiger partial charge in [-0.3, -0.25) is 9.84 Å². The van der Waals surface area contributed by atoms with E-state index in [1.807, 2.05) is 24.3 Å². The number of methoxy groups -OCH3 is 1. The van der Waals surface area contributed by atoms with Gasteiger partial charge in [0.15, 0.2) is 0 Å². The zero-order valence-electron chi connectivity index (χ0n) is 24.8. The molecule has 1 aliphatic rings. The van der Waals surface area contributed by atoms with E-state index in [1.54, 1.807) is 0 Å². The third kappa shape index (κ3) is 7.23. The van der Waals surface area contributed by atoms with Gasteiger partial charge in [0.05, 0.1) is 18.7 Å². The molecule has 2 rings (SSSR count). The summed E-state index contributed by atoms with van der Waals surface area (Å²) in [5.41, 5.74) is 3.33. The van der Waals surface area contributed by atoms with Crippen LogP contribution in [-0.4, -0.2) is 77.2 Å². The summed E-state index contributed by atoms with van der Waals surface area (Å²) in [6, 6.07) is 11.4. The maximum Gasteiger partial charge on any atom is 0.376 e. The number of hydrazine groups is 2. The second kappa shape index (κ2) is 14.1. The molecule has 1 fully saturated rings. The van der Waals surface area contributed by atoms with Crippen LogP contribution in [0.4, 0.5) is 0 Å². The number of hydrogen-bond acceptors (Lipinski definition) is 7. The maximum atomic E-state index is 12.1. The normalized spacial score (nSPS) is 16.0. The molecule has 0 bridgehead atoms. The Bertz CT molecular complexity index is 908. The third-order valence-electron chi connectivity index (χ3n) is 6.95. The van der Waals surface area contributed by atoms with Gasteiger partial charge in [-0.1, -0.05) is 25.5 Å². The highest BCUT2D eigenvalue weighted by atomic mass is 16.5. The first kappa shape index (κ1) is 31.0. The first-order valence-corrected chi connectivity index (χ1v) is 13.9. The number of nitriles is 1. The Hall–Kier alpha value is -2.18. The molecule has 0 amide bonds. The van der Waals surface area contributed by atoms with Crippen molar-refractivity contribution < 1.29 is 9.53 Å². The van der Waals surface area contributed by atoms with E-state index in [4.69, 9.17) is 4.74 Å². The zero-order valence-corrected chi connectivity index (χ0v) is 24.8. The fourth-order valence-corrected chi connectivity index (χ4v) is 5.75. The number of carbonyl (C=O) groups is 1. The molecular formula is C29H48BN5O2. The number of esters is 1. The van der Waals surface area contributed by atoms with Gasteiger partial charge in [-0.2, -0.15) is 5.26 Å². The topological polar surface area (TPSA) is 63.1 Å². The molecule has 1 aliphatic heterocycles. The smallest absolute Gasteiger partial charge is 0.376 e. The number of nitrogens with zero attached hydrogens (tertiary/aromatic N) is 5. The third-order valence-corrected chi connectivity index (χ3v) is 6.95. The van der Waals surface area contributed by atoms with Gasteiger partial charge < -0.3 is 4.74 Å². The Labute approximate surface area is 226 Å². The molecule has 204 valence electrons. The lowest BCUT2D eigenvalue weighted by molar-refractivity contribution is -0.00837. The van der Waals surface area contributed by atoms with Crippen LogP contribution in [0.15, 0.2) is 29.8 Å². The van der Waals surface area contributed by atoms with Crippen LogP contribution >= 0.6 is 0 Å². The minimum Gasteiger partial charge on any atom is -0.465 e. The highest BCUT2D eigenvalue weighted by Gasteiger charge is 2.48. The molecule has 1 aromatic rings. The largest absolute Gasteiger partial charge is 0.465 e. The van der Waals surface area contributed by atoms with Crippen LogP contribution in [0.3, 0.4) is 0 Å². The Morgan fingerprint density at radius 1 is 0.919 bits per heavy atom. The number of hydrogen-bond donors (Lipinski definition) is 0. The molecule has 0 radical (unpaired) electrons. The van der Waals surface area contributed by atoms with Gasteiger partial charge in [0, 0.05) is 42.8 Å². The summed E-state index contributed by atoms with van der Waals surface area (Å²) in [7, 11) is 1.40. The van der Waals surface area contributed by atoms with E-state index >= 15 is 0 Å². The van der Waals surface area contributed by atoms with Crippen LogP contribution < -0.4 is 0 Å². The van der Waals surface area contributed by atoms with Gasteiger partial charge in [0.1, 0.15) is 0 Å². The Morgan fingerprint density at radius 3 is 1.70 bits per heavy atom. The van der Waals surface area contributed by atoms with Crippen molar-refractivity contribution in [2.24, 2.45) is 0 Å². The van der Waals surface area contributed by atoms with Crippen molar-refractivity contribution in [3.63, 3.8) is 0 Å². The molecule has 0 saturated carbocycles. The molecule has 1 saturated heterocycles. The number of carbonyl (C=O) groups excluding carboxylic acids is 1. The fourth-order valence-electron chi connectivity index (χ4n) is 5.75. The van der Waals surface area contributed by atoms with E-state index in [0.717, 1.165) is 49.0 Å². The lowest BCUT2D eigenvalue weighted by Gasteiger charge is -2.46. The maximum absolute atomic E-state index is 12.1. The van der Waals surface area contributed by atoms with E-state index in [0.29, 0.717) is 29.7 Å². The van der Waals surface area contributed by atoms with Crippen LogP contribution in [0.2, 0.25) is 0 Å². The summed E-state index contributed by atoms with van der Waals surface area (Å²) in [5.74, 6) is -0.357. The lowest BCUT2D eigenvalue weighted by Crippen LogP contribution is -2.62. The molecule has 0 atom stereocenters. The number of unbranched alkanes of at least 4 members (excludes halogenated alkanes) is 1. The Kier molecular flexibility index (Phi) is 11.8. The molecule has 0 aromatic heterocycles. The van der Waals surface area contributed by atoms with Crippen molar-refractivity contribution in [2.75, 3.05) is 20.2 Å². The number of rotatable bonds is 12. The van der Waals surface area contributed by atoms with Gasteiger partial charge in [0.25, 0.3) is 0 Å². The highest BCUT2D eigenvalue weighted by Crippen LogP contribution is 2.35. The quantitative estimate of drug-likeness (QED) is 0.205. The molecule has 1 heterocycles. The SMILES string of the molecule is CCCC/C(C#N)=C(/B1N(N(C(C)C)C(C)C)CCN1N(C(C)C)C(C)C)c1ccc(C(=O)OC)cc1. The van der Waals surface area contributed by atoms with Crippen LogP contribution in [0, 0.1) is 11.3 Å². The van der Waals surface area contributed by atoms with E-state index in [-0.39, 0.29) is 13.0 Å². The van der Waals surface area contributed by atoms with Gasteiger partial charge >= 0.3 is 13.0 Å². The molecule has 7 nitrogen and oxygen atoms in total. The van der Waals surface area contributed by atoms with E-state index in [1.165, 1.54) is 7.11 Å². The monoisotopic (exact) mass is 509 g/mol. The van der Waals surface area contributed by atoms with Crippen molar-refractivity contribution >= 4 is 18.4 Å². The van der Waals surface area contributed by atoms with E-state index in [9.17, 15) is 10.1 Å². The molecular weight excluding hydrogens is 461 g/mol. The predicted octanol–water partition coefficient (Wildman–Crippen LogP) is 5.65. The van der Waals surface area contributed by atoms with Crippen LogP contribution in [0.25, 0.3) is 5.47 Å². The molecule has 0 spiro atoms. The second-order valence-electron chi connectivity index (χ2n) is 11.0. The summed E-state index contributed by atoms with van der Waals surface area (Å²) in [6.07, 6.45) is 2.70. The van der Waals surface area contributed by atoms with Gasteiger partial charge in [-0.15, -0.1) is 0 Å². The number of ether oxygens (including phenoxy) is 1. The van der Waals surface area contributed by atoms with Gasteiger partial charge in [-0.25, -0.2) is 14.8 Å². The summed E-state index contributed by atoms with van der Waals surface area (Å²) in [4.78, 5) is 17.1. The lowest BCUT2D eigenvalue weighted by atomic mass is 9.61. The molecule has 1 aromatic carbocycles. The van der Waals surface area contributed by atoms with Crippen LogP contribution in [-0.2, 0) is 4.74 Å². The average molecular weight is 510 g/mol. The van der Waals surface area contributed by atoms with Crippen LogP contribution in [0.1, 0.15) is 97.5 Å². The van der Waals surface area contributed by atoms with Crippen LogP contribution in [0.5, 0.6) is 0 Å². The van der Waals surface area contributed by atoms with Gasteiger partial charge in [-0.05, 0) is 91.4 Å². The summed E-state index contributed by atoms with van der Waals surface area (Å²) in [6.45, 7) is 21.6. The highest BCUT2D eigenvalue weighted by molar-refractivity contribution is 6.75. The standard InChI is InChI=1S/C29H48BN5O2/c1-11-12-13-27(20-31)28(25-14-16-26(17-15-25)29(36)37-10)30-32(34(21(2)3)22(4)5)18-19-33(30)35(23(6)7)24(8)9/h14-17,21-24H,11-13,18-19H2,1-10H3/b28-27-. The van der Waals surface area contributed by atoms with Crippen molar-refractivity contribution in [3.05, 3.63) is 41.0 Å². The van der Waals surface area contributed by atoms with Crippen molar-refractivity contribution in [3.8, 4) is 6.07 Å². The zero-order chi connectivity index (χ0) is 27.9. The molecule has 0 aliphatic carbocycles.